The number of hydrogen-bond acceptors (Lipinski definition) is 16. The first kappa shape index (κ1) is 39.9. The fourth-order valence-electron chi connectivity index (χ4n) is 4.76. The molecule has 3 aromatic rings. The highest BCUT2D eigenvalue weighted by atomic mass is 31.3. The number of fused-ring (bicyclic) bond motifs is 1. The van der Waals surface area contributed by atoms with Crippen LogP contribution >= 0.6 is 23.5 Å². The van der Waals surface area contributed by atoms with Crippen LogP contribution in [0.2, 0.25) is 0 Å². The second-order valence-corrected chi connectivity index (χ2v) is 14.7. The summed E-state index contributed by atoms with van der Waals surface area (Å²) in [7, 11) is -15.5. The summed E-state index contributed by atoms with van der Waals surface area (Å²) in [5, 5.41) is 14.0. The number of ether oxygens (including phenoxy) is 4. The van der Waals surface area contributed by atoms with Crippen molar-refractivity contribution in [3.8, 4) is 11.8 Å². The first-order valence-corrected chi connectivity index (χ1v) is 18.7. The van der Waals surface area contributed by atoms with Crippen LogP contribution in [0.1, 0.15) is 36.8 Å². The zero-order valence-corrected chi connectivity index (χ0v) is 29.1. The SMILES string of the molecule is COCO[C@H]1C[C@H](n2cc(C#CCNC(=O)OC(C)c3ccccc3[N+](=O)[O-])c3c(N)ncnc32)O[C@@H]1COP(=O)(O)OP(=O)(O)OP(=O)(O)O. The molecule has 6 atom stereocenters. The first-order chi connectivity index (χ1) is 23.9. The molecule has 1 saturated heterocycles. The lowest BCUT2D eigenvalue weighted by atomic mass is 10.1. The molecule has 4 rings (SSSR count). The fraction of sp³-hybridized carbons (Fsp3) is 0.400. The standard InChI is InChI=1S/C25H31N6O17P3/c1-15(17-7-3-4-8-18(17)31(33)34)45-25(32)27-9-5-6-16-11-30(24-22(16)23(26)28-13-29-24)21-10-19(43-14-42-2)20(46-21)12-44-50(38,39)48-51(40,41)47-49(35,36)37/h3-4,7-8,11,13,15,19-21H,9-10,12,14H2,1-2H3,(H,27,32)(H,38,39)(H,40,41)(H2,26,28,29)(H2,35,36,37)/t15?,19-,20+,21+/m0/s1. The van der Waals surface area contributed by atoms with E-state index in [1.54, 1.807) is 6.07 Å². The van der Waals surface area contributed by atoms with Crippen LogP contribution < -0.4 is 11.1 Å². The van der Waals surface area contributed by atoms with Crippen LogP contribution in [0, 0.1) is 22.0 Å². The lowest BCUT2D eigenvalue weighted by Crippen LogP contribution is -2.29. The van der Waals surface area contributed by atoms with E-state index in [0.29, 0.717) is 10.9 Å². The highest BCUT2D eigenvalue weighted by Crippen LogP contribution is 2.66. The summed E-state index contributed by atoms with van der Waals surface area (Å²) in [6.07, 6.45) is -2.03. The van der Waals surface area contributed by atoms with Crippen LogP contribution in [0.5, 0.6) is 0 Å². The van der Waals surface area contributed by atoms with Gasteiger partial charge in [0.05, 0.1) is 40.7 Å². The maximum atomic E-state index is 12.4. The van der Waals surface area contributed by atoms with E-state index in [2.05, 4.69) is 35.7 Å². The van der Waals surface area contributed by atoms with Crippen molar-refractivity contribution in [3.05, 3.63) is 58.0 Å². The summed E-state index contributed by atoms with van der Waals surface area (Å²) < 4.78 is 70.4. The average Bonchev–Trinajstić information content (AvgIpc) is 3.61. The highest BCUT2D eigenvalue weighted by molar-refractivity contribution is 7.66. The molecule has 3 unspecified atom stereocenters. The van der Waals surface area contributed by atoms with Gasteiger partial charge in [-0.05, 0) is 13.0 Å². The number of rotatable bonds is 15. The van der Waals surface area contributed by atoms with Crippen LogP contribution in [0.15, 0.2) is 36.8 Å². The Bertz CT molecular complexity index is 1960. The van der Waals surface area contributed by atoms with Crippen LogP contribution in [0.25, 0.3) is 11.0 Å². The van der Waals surface area contributed by atoms with Crippen molar-refractivity contribution < 1.29 is 75.1 Å². The smallest absolute Gasteiger partial charge is 0.441 e. The molecule has 1 aliphatic heterocycles. The number of anilines is 1. The molecule has 0 spiro atoms. The second-order valence-electron chi connectivity index (χ2n) is 10.3. The van der Waals surface area contributed by atoms with Crippen molar-refractivity contribution in [2.45, 2.75) is 37.9 Å². The second kappa shape index (κ2) is 16.7. The number of hydrogen-bond donors (Lipinski definition) is 6. The molecule has 26 heteroatoms. The molecular weight excluding hydrogens is 749 g/mol. The molecule has 1 aliphatic rings. The topological polar surface area (TPSA) is 326 Å². The van der Waals surface area contributed by atoms with Crippen LogP contribution in [0.3, 0.4) is 0 Å². The summed E-state index contributed by atoms with van der Waals surface area (Å²) in [5.41, 5.74) is 6.68. The molecule has 278 valence electrons. The number of phosphoric ester groups is 1. The minimum atomic E-state index is -5.75. The van der Waals surface area contributed by atoms with Crippen molar-refractivity contribution in [2.75, 3.05) is 32.8 Å². The minimum absolute atomic E-state index is 0.0445. The summed E-state index contributed by atoms with van der Waals surface area (Å²) in [5.74, 6) is 5.64. The number of nitrogens with one attached hydrogen (secondary N) is 1. The number of benzene rings is 1. The van der Waals surface area contributed by atoms with E-state index < -0.39 is 65.6 Å². The number of nitro benzene ring substituents is 1. The van der Waals surface area contributed by atoms with E-state index in [9.17, 15) is 38.4 Å². The Morgan fingerprint density at radius 1 is 1.20 bits per heavy atom. The lowest BCUT2D eigenvalue weighted by molar-refractivity contribution is -0.386. The number of alkyl carbamates (subject to hydrolysis) is 1. The number of para-hydroxylation sites is 1. The largest absolute Gasteiger partial charge is 0.490 e. The molecule has 0 aliphatic carbocycles. The molecule has 51 heavy (non-hydrogen) atoms. The van der Waals surface area contributed by atoms with E-state index in [-0.39, 0.29) is 42.5 Å². The predicted octanol–water partition coefficient (Wildman–Crippen LogP) is 2.38. The summed E-state index contributed by atoms with van der Waals surface area (Å²) in [6, 6.07) is 5.82. The number of phosphoric acid groups is 3. The Labute approximate surface area is 287 Å². The molecular formula is C25H31N6O17P3. The van der Waals surface area contributed by atoms with Gasteiger partial charge >= 0.3 is 29.6 Å². The third kappa shape index (κ3) is 11.1. The van der Waals surface area contributed by atoms with Gasteiger partial charge in [0.1, 0.15) is 43.0 Å². The van der Waals surface area contributed by atoms with Gasteiger partial charge in [-0.25, -0.2) is 28.5 Å². The molecule has 3 heterocycles. The number of aromatic nitrogens is 3. The zero-order valence-electron chi connectivity index (χ0n) is 26.4. The molecule has 1 fully saturated rings. The van der Waals surface area contributed by atoms with Gasteiger partial charge in [-0.2, -0.15) is 8.62 Å². The third-order valence-corrected chi connectivity index (χ3v) is 10.5. The number of amides is 1. The van der Waals surface area contributed by atoms with Gasteiger partial charge in [-0.15, -0.1) is 0 Å². The average molecular weight is 780 g/mol. The fourth-order valence-corrected chi connectivity index (χ4v) is 7.79. The molecule has 0 saturated carbocycles. The number of nitrogens with two attached hydrogens (primary N) is 1. The predicted molar refractivity (Wildman–Crippen MR) is 170 cm³/mol. The molecule has 0 bridgehead atoms. The molecule has 23 nitrogen and oxygen atoms in total. The Balaban J connectivity index is 1.47. The van der Waals surface area contributed by atoms with Crippen LogP contribution in [0.4, 0.5) is 16.3 Å². The quantitative estimate of drug-likeness (QED) is 0.0424. The van der Waals surface area contributed by atoms with E-state index in [1.165, 1.54) is 49.3 Å². The molecule has 1 aromatic carbocycles. The Morgan fingerprint density at radius 2 is 1.92 bits per heavy atom. The number of nitrogen functional groups attached to an aromatic ring is 1. The third-order valence-electron chi connectivity index (χ3n) is 6.75. The van der Waals surface area contributed by atoms with Crippen molar-refractivity contribution in [1.82, 2.24) is 19.9 Å². The van der Waals surface area contributed by atoms with Crippen molar-refractivity contribution in [2.24, 2.45) is 0 Å². The summed E-state index contributed by atoms with van der Waals surface area (Å²) >= 11 is 0. The monoisotopic (exact) mass is 780 g/mol. The van der Waals surface area contributed by atoms with Gasteiger partial charge in [0.2, 0.25) is 0 Å². The Hall–Kier alpha value is -3.84. The summed E-state index contributed by atoms with van der Waals surface area (Å²) in [4.78, 5) is 68.1. The number of carbonyl (C=O) groups is 1. The lowest BCUT2D eigenvalue weighted by Gasteiger charge is -2.21. The van der Waals surface area contributed by atoms with E-state index in [0.717, 1.165) is 0 Å². The first-order valence-electron chi connectivity index (χ1n) is 14.2. The van der Waals surface area contributed by atoms with Crippen molar-refractivity contribution in [1.29, 1.82) is 0 Å². The van der Waals surface area contributed by atoms with E-state index >= 15 is 0 Å². The van der Waals surface area contributed by atoms with Crippen LogP contribution in [-0.2, 0) is 45.8 Å². The maximum absolute atomic E-state index is 12.4. The molecule has 0 radical (unpaired) electrons. The molecule has 7 N–H and O–H groups in total. The normalized spacial score (nSPS) is 20.5. The van der Waals surface area contributed by atoms with E-state index in [4.69, 9.17) is 39.0 Å². The Morgan fingerprint density at radius 3 is 2.61 bits per heavy atom. The Kier molecular flexibility index (Phi) is 13.1. The number of carbonyl (C=O) groups excluding carboxylic acids is 1. The van der Waals surface area contributed by atoms with Crippen molar-refractivity contribution >= 4 is 52.1 Å². The van der Waals surface area contributed by atoms with Gasteiger partial charge in [0.15, 0.2) is 0 Å². The van der Waals surface area contributed by atoms with E-state index in [1.807, 2.05) is 0 Å². The van der Waals surface area contributed by atoms with Gasteiger partial charge < -0.3 is 54.1 Å². The van der Waals surface area contributed by atoms with Gasteiger partial charge in [-0.3, -0.25) is 14.6 Å². The number of nitrogens with zero attached hydrogens (tertiary/aromatic N) is 4. The minimum Gasteiger partial charge on any atom is -0.441 e. The summed E-state index contributed by atoms with van der Waals surface area (Å²) in [6.45, 7) is 0.224. The van der Waals surface area contributed by atoms with Crippen molar-refractivity contribution in [3.63, 3.8) is 0 Å². The number of nitro groups is 1. The highest BCUT2D eigenvalue weighted by Gasteiger charge is 2.43. The molecule has 2 aromatic heterocycles. The molecule has 1 amide bonds. The van der Waals surface area contributed by atoms with Gasteiger partial charge in [0.25, 0.3) is 5.69 Å². The van der Waals surface area contributed by atoms with Crippen LogP contribution in [-0.4, -0.2) is 84.4 Å². The zero-order chi connectivity index (χ0) is 37.6. The number of methoxy groups -OCH3 is 1. The van der Waals surface area contributed by atoms with Gasteiger partial charge in [0, 0.05) is 25.8 Å². The maximum Gasteiger partial charge on any atom is 0.490 e. The van der Waals surface area contributed by atoms with Gasteiger partial charge in [-0.1, -0.05) is 24.0 Å².